The molecule has 0 atom stereocenters. The lowest BCUT2D eigenvalue weighted by Gasteiger charge is -2.17. The van der Waals surface area contributed by atoms with Crippen molar-refractivity contribution in [2.45, 2.75) is 53.2 Å². The maximum atomic E-state index is 6.29. The number of hydrogen-bond acceptors (Lipinski definition) is 7. The van der Waals surface area contributed by atoms with Crippen LogP contribution in [0.5, 0.6) is 23.5 Å². The van der Waals surface area contributed by atoms with Gasteiger partial charge in [-0.25, -0.2) is 0 Å². The van der Waals surface area contributed by atoms with Crippen LogP contribution < -0.4 is 14.8 Å². The zero-order valence-corrected chi connectivity index (χ0v) is 22.9. The second-order valence-corrected chi connectivity index (χ2v) is 11.7. The van der Waals surface area contributed by atoms with E-state index in [0.29, 0.717) is 34.0 Å². The van der Waals surface area contributed by atoms with Crippen LogP contribution in [0.3, 0.4) is 0 Å². The van der Waals surface area contributed by atoms with Crippen molar-refractivity contribution in [2.75, 3.05) is 17.6 Å². The van der Waals surface area contributed by atoms with E-state index < -0.39 is 0 Å². The summed E-state index contributed by atoms with van der Waals surface area (Å²) in [5, 5.41) is 4.66. The number of thioether (sulfide) groups is 1. The fourth-order valence-corrected chi connectivity index (χ4v) is 4.20. The van der Waals surface area contributed by atoms with E-state index >= 15 is 0 Å². The number of aryl methyl sites for hydroxylation is 4. The molecule has 0 spiro atoms. The second-order valence-electron chi connectivity index (χ2n) is 9.06. The van der Waals surface area contributed by atoms with Gasteiger partial charge in [-0.15, -0.1) is 4.98 Å². The molecule has 1 heterocycles. The van der Waals surface area contributed by atoms with Crippen LogP contribution >= 0.6 is 35.0 Å². The summed E-state index contributed by atoms with van der Waals surface area (Å²) in [5.74, 6) is 2.44. The second kappa shape index (κ2) is 11.0. The van der Waals surface area contributed by atoms with E-state index in [-0.39, 0.29) is 16.8 Å². The highest BCUT2D eigenvalue weighted by Gasteiger charge is 2.14. The van der Waals surface area contributed by atoms with Gasteiger partial charge in [0.15, 0.2) is 0 Å². The van der Waals surface area contributed by atoms with Crippen LogP contribution in [0.2, 0.25) is 10.0 Å². The predicted octanol–water partition coefficient (Wildman–Crippen LogP) is 7.94. The van der Waals surface area contributed by atoms with Crippen molar-refractivity contribution in [1.29, 1.82) is 0 Å². The van der Waals surface area contributed by atoms with E-state index in [1.807, 2.05) is 63.7 Å². The first-order valence-corrected chi connectivity index (χ1v) is 12.7. The summed E-state index contributed by atoms with van der Waals surface area (Å²) in [7, 11) is 0. The molecule has 2 aromatic carbocycles. The number of ether oxygens (including phenoxy) is 2. The topological polar surface area (TPSA) is 69.2 Å². The Balaban J connectivity index is 1.88. The van der Waals surface area contributed by atoms with Crippen LogP contribution in [0, 0.1) is 27.7 Å². The molecule has 9 heteroatoms. The monoisotopic (exact) mass is 520 g/mol. The van der Waals surface area contributed by atoms with Gasteiger partial charge >= 0.3 is 12.0 Å². The summed E-state index contributed by atoms with van der Waals surface area (Å²) in [4.78, 5) is 13.2. The minimum absolute atomic E-state index is 0.125. The molecule has 0 aliphatic rings. The highest BCUT2D eigenvalue weighted by atomic mass is 35.5. The van der Waals surface area contributed by atoms with E-state index in [9.17, 15) is 0 Å². The van der Waals surface area contributed by atoms with Crippen LogP contribution in [0.15, 0.2) is 24.3 Å². The number of nitrogens with zero attached hydrogens (tertiary/aromatic N) is 3. The Morgan fingerprint density at radius 2 is 1.18 bits per heavy atom. The number of nitrogens with one attached hydrogen (secondary N) is 1. The third-order valence-electron chi connectivity index (χ3n) is 4.75. The van der Waals surface area contributed by atoms with Gasteiger partial charge in [-0.05, 0) is 74.2 Å². The summed E-state index contributed by atoms with van der Waals surface area (Å²) in [6.07, 6.45) is 0. The Kier molecular flexibility index (Phi) is 8.55. The van der Waals surface area contributed by atoms with Gasteiger partial charge in [0, 0.05) is 27.1 Å². The fraction of sp³-hybridized carbons (Fsp3) is 0.400. The standard InChI is InChI=1S/C25H30Cl2N4O2S/c1-14-10-18(11-15(2)20(14)26)32-23-29-22(28-8-9-34-25(5,6)7)30-24(31-23)33-19-12-16(3)21(27)17(4)13-19/h10-13H,8-9H2,1-7H3,(H,28,29,30,31). The minimum atomic E-state index is 0.125. The lowest BCUT2D eigenvalue weighted by atomic mass is 10.1. The summed E-state index contributed by atoms with van der Waals surface area (Å²) < 4.78 is 12.1. The number of anilines is 1. The molecule has 34 heavy (non-hydrogen) atoms. The van der Waals surface area contributed by atoms with Crippen molar-refractivity contribution in [3.05, 3.63) is 56.6 Å². The molecule has 1 aromatic heterocycles. The van der Waals surface area contributed by atoms with Crippen LogP contribution in [-0.2, 0) is 0 Å². The molecule has 0 aliphatic carbocycles. The molecule has 0 saturated carbocycles. The molecule has 0 radical (unpaired) electrons. The van der Waals surface area contributed by atoms with E-state index in [4.69, 9.17) is 32.7 Å². The summed E-state index contributed by atoms with van der Waals surface area (Å²) in [6.45, 7) is 14.9. The highest BCUT2D eigenvalue weighted by molar-refractivity contribution is 8.00. The average Bonchev–Trinajstić information content (AvgIpc) is 2.72. The molecule has 3 aromatic rings. The van der Waals surface area contributed by atoms with Gasteiger partial charge in [0.1, 0.15) is 11.5 Å². The minimum Gasteiger partial charge on any atom is -0.424 e. The highest BCUT2D eigenvalue weighted by Crippen LogP contribution is 2.31. The molecule has 0 saturated heterocycles. The van der Waals surface area contributed by atoms with Crippen molar-refractivity contribution in [2.24, 2.45) is 0 Å². The lowest BCUT2D eigenvalue weighted by Crippen LogP contribution is -2.14. The zero-order chi connectivity index (χ0) is 25.0. The number of hydrogen-bond donors (Lipinski definition) is 1. The maximum absolute atomic E-state index is 6.29. The molecule has 0 bridgehead atoms. The molecular weight excluding hydrogens is 491 g/mol. The Labute approximate surface area is 215 Å². The quantitative estimate of drug-likeness (QED) is 0.302. The normalized spacial score (nSPS) is 11.4. The zero-order valence-electron chi connectivity index (χ0n) is 20.5. The van der Waals surface area contributed by atoms with Crippen LogP contribution in [0.25, 0.3) is 0 Å². The van der Waals surface area contributed by atoms with Gasteiger partial charge in [-0.2, -0.15) is 21.7 Å². The van der Waals surface area contributed by atoms with Gasteiger partial charge in [0.2, 0.25) is 5.95 Å². The van der Waals surface area contributed by atoms with Crippen molar-refractivity contribution in [3.8, 4) is 23.5 Å². The van der Waals surface area contributed by atoms with Crippen LogP contribution in [0.1, 0.15) is 43.0 Å². The molecule has 182 valence electrons. The Hall–Kier alpha value is -2.22. The summed E-state index contributed by atoms with van der Waals surface area (Å²) >= 11 is 14.4. The molecule has 6 nitrogen and oxygen atoms in total. The first-order chi connectivity index (χ1) is 15.9. The number of aromatic nitrogens is 3. The Morgan fingerprint density at radius 1 is 0.765 bits per heavy atom. The smallest absolute Gasteiger partial charge is 0.330 e. The number of halogens is 2. The molecule has 3 rings (SSSR count). The van der Waals surface area contributed by atoms with E-state index in [1.54, 1.807) is 0 Å². The van der Waals surface area contributed by atoms with Crippen LogP contribution in [0.4, 0.5) is 5.95 Å². The van der Waals surface area contributed by atoms with Crippen molar-refractivity contribution < 1.29 is 9.47 Å². The van der Waals surface area contributed by atoms with E-state index in [0.717, 1.165) is 28.0 Å². The van der Waals surface area contributed by atoms with Gasteiger partial charge in [0.05, 0.1) is 0 Å². The Bertz CT molecular complexity index is 1060. The predicted molar refractivity (Wildman–Crippen MR) is 143 cm³/mol. The maximum Gasteiger partial charge on any atom is 0.330 e. The largest absolute Gasteiger partial charge is 0.424 e. The molecule has 1 N–H and O–H groups in total. The van der Waals surface area contributed by atoms with E-state index in [1.165, 1.54) is 0 Å². The van der Waals surface area contributed by atoms with Gasteiger partial charge in [-0.1, -0.05) is 44.0 Å². The molecule has 0 aliphatic heterocycles. The molecular formula is C25H30Cl2N4O2S. The van der Waals surface area contributed by atoms with E-state index in [2.05, 4.69) is 41.0 Å². The average molecular weight is 522 g/mol. The Morgan fingerprint density at radius 3 is 1.56 bits per heavy atom. The number of benzene rings is 2. The van der Waals surface area contributed by atoms with Crippen LogP contribution in [-0.4, -0.2) is 32.0 Å². The SMILES string of the molecule is Cc1cc(Oc2nc(NCCSC(C)(C)C)nc(Oc3cc(C)c(Cl)c(C)c3)n2)cc(C)c1Cl. The van der Waals surface area contributed by atoms with Gasteiger partial charge in [-0.3, -0.25) is 0 Å². The molecule has 0 unspecified atom stereocenters. The van der Waals surface area contributed by atoms with Gasteiger partial charge < -0.3 is 14.8 Å². The summed E-state index contributed by atoms with van der Waals surface area (Å²) in [5.41, 5.74) is 3.64. The molecule has 0 amide bonds. The third kappa shape index (κ3) is 7.39. The number of rotatable bonds is 8. The van der Waals surface area contributed by atoms with Gasteiger partial charge in [0.25, 0.3) is 0 Å². The lowest BCUT2D eigenvalue weighted by molar-refractivity contribution is 0.398. The first-order valence-electron chi connectivity index (χ1n) is 10.9. The fourth-order valence-electron chi connectivity index (χ4n) is 3.17. The van der Waals surface area contributed by atoms with Crippen molar-refractivity contribution in [3.63, 3.8) is 0 Å². The summed E-state index contributed by atoms with van der Waals surface area (Å²) in [6, 6.07) is 7.63. The first kappa shape index (κ1) is 26.4. The third-order valence-corrected chi connectivity index (χ3v) is 7.22. The van der Waals surface area contributed by atoms with Crippen molar-refractivity contribution >= 4 is 40.9 Å². The molecule has 0 fully saturated rings. The van der Waals surface area contributed by atoms with Crippen molar-refractivity contribution in [1.82, 2.24) is 15.0 Å².